The lowest BCUT2D eigenvalue weighted by molar-refractivity contribution is -0.384. The number of hydrogen-bond donors (Lipinski definition) is 1. The van der Waals surface area contributed by atoms with Crippen molar-refractivity contribution in [2.45, 2.75) is 4.90 Å². The van der Waals surface area contributed by atoms with E-state index in [1.165, 1.54) is 50.6 Å². The molecule has 3 aromatic carbocycles. The number of hydrogen-bond acceptors (Lipinski definition) is 6. The second-order valence-corrected chi connectivity index (χ2v) is 8.95. The number of sulfonamides is 1. The summed E-state index contributed by atoms with van der Waals surface area (Å²) >= 11 is 6.13. The largest absolute Gasteiger partial charge is 0.497 e. The highest BCUT2D eigenvalue weighted by Crippen LogP contribution is 2.28. The number of anilines is 2. The molecular weight excluding hydrogens is 458 g/mol. The van der Waals surface area contributed by atoms with Gasteiger partial charge in [-0.1, -0.05) is 17.7 Å². The lowest BCUT2D eigenvalue weighted by atomic mass is 10.2. The van der Waals surface area contributed by atoms with Gasteiger partial charge in [0.05, 0.1) is 33.2 Å². The van der Waals surface area contributed by atoms with Crippen LogP contribution in [0.2, 0.25) is 5.02 Å². The molecule has 0 atom stereocenters. The Morgan fingerprint density at radius 2 is 1.78 bits per heavy atom. The van der Waals surface area contributed by atoms with Crippen molar-refractivity contribution in [1.82, 2.24) is 0 Å². The van der Waals surface area contributed by atoms with Crippen LogP contribution in [0.4, 0.5) is 17.1 Å². The highest BCUT2D eigenvalue weighted by atomic mass is 35.5. The van der Waals surface area contributed by atoms with Crippen LogP contribution in [-0.4, -0.2) is 33.4 Å². The van der Waals surface area contributed by atoms with Crippen LogP contribution in [0.15, 0.2) is 71.6 Å². The molecule has 1 amide bonds. The summed E-state index contributed by atoms with van der Waals surface area (Å²) in [7, 11) is -1.12. The van der Waals surface area contributed by atoms with Crippen LogP contribution < -0.4 is 14.4 Å². The molecule has 166 valence electrons. The summed E-state index contributed by atoms with van der Waals surface area (Å²) in [6.07, 6.45) is 0. The maximum absolute atomic E-state index is 13.1. The van der Waals surface area contributed by atoms with E-state index in [0.717, 1.165) is 10.4 Å². The van der Waals surface area contributed by atoms with Gasteiger partial charge < -0.3 is 10.1 Å². The maximum Gasteiger partial charge on any atom is 0.271 e. The third-order valence-corrected chi connectivity index (χ3v) is 6.70. The average Bonchev–Trinajstić information content (AvgIpc) is 2.78. The van der Waals surface area contributed by atoms with Crippen molar-refractivity contribution in [3.8, 4) is 5.75 Å². The molecule has 3 aromatic rings. The molecule has 0 aromatic heterocycles. The van der Waals surface area contributed by atoms with Crippen LogP contribution in [0.5, 0.6) is 5.75 Å². The van der Waals surface area contributed by atoms with Crippen molar-refractivity contribution in [2.75, 3.05) is 23.8 Å². The normalized spacial score (nSPS) is 11.0. The first kappa shape index (κ1) is 23.0. The number of carbonyl (C=O) groups is 1. The number of non-ortho nitro benzene ring substituents is 1. The number of benzene rings is 3. The summed E-state index contributed by atoms with van der Waals surface area (Å²) in [6, 6.07) is 15.5. The molecule has 0 fully saturated rings. The minimum absolute atomic E-state index is 0.0268. The Labute approximate surface area is 189 Å². The first-order valence-corrected chi connectivity index (χ1v) is 10.9. The number of rotatable bonds is 7. The second-order valence-electron chi connectivity index (χ2n) is 6.57. The van der Waals surface area contributed by atoms with E-state index < -0.39 is 20.9 Å². The number of nitrogens with one attached hydrogen (secondary N) is 1. The Morgan fingerprint density at radius 3 is 2.41 bits per heavy atom. The van der Waals surface area contributed by atoms with Gasteiger partial charge in [0.25, 0.3) is 21.6 Å². The Hall–Kier alpha value is -3.63. The minimum Gasteiger partial charge on any atom is -0.497 e. The Balaban J connectivity index is 1.90. The third-order valence-electron chi connectivity index (χ3n) is 4.59. The van der Waals surface area contributed by atoms with Crippen molar-refractivity contribution >= 4 is 44.6 Å². The Kier molecular flexibility index (Phi) is 6.66. The fraction of sp³-hybridized carbons (Fsp3) is 0.0952. The van der Waals surface area contributed by atoms with Gasteiger partial charge >= 0.3 is 0 Å². The summed E-state index contributed by atoms with van der Waals surface area (Å²) < 4.78 is 32.3. The maximum atomic E-state index is 13.1. The minimum atomic E-state index is -4.01. The molecule has 0 heterocycles. The van der Waals surface area contributed by atoms with Gasteiger partial charge in [-0.05, 0) is 48.5 Å². The monoisotopic (exact) mass is 475 g/mol. The molecule has 32 heavy (non-hydrogen) atoms. The van der Waals surface area contributed by atoms with Crippen LogP contribution in [0.3, 0.4) is 0 Å². The Morgan fingerprint density at radius 1 is 1.09 bits per heavy atom. The van der Waals surface area contributed by atoms with Crippen LogP contribution in [-0.2, 0) is 10.0 Å². The van der Waals surface area contributed by atoms with Gasteiger partial charge in [-0.25, -0.2) is 8.42 Å². The van der Waals surface area contributed by atoms with Crippen molar-refractivity contribution in [1.29, 1.82) is 0 Å². The fourth-order valence-corrected chi connectivity index (χ4v) is 4.25. The number of ether oxygens (including phenoxy) is 1. The summed E-state index contributed by atoms with van der Waals surface area (Å²) in [5.41, 5.74) is 0.265. The fourth-order valence-electron chi connectivity index (χ4n) is 2.82. The number of nitrogens with zero attached hydrogens (tertiary/aromatic N) is 2. The van der Waals surface area contributed by atoms with Gasteiger partial charge in [-0.2, -0.15) is 0 Å². The topological polar surface area (TPSA) is 119 Å². The number of nitro groups is 1. The molecule has 9 nitrogen and oxygen atoms in total. The highest BCUT2D eigenvalue weighted by Gasteiger charge is 2.24. The summed E-state index contributed by atoms with van der Waals surface area (Å²) in [5.74, 6) is -0.134. The molecular formula is C21H18ClN3O6S. The molecule has 0 aliphatic rings. The smallest absolute Gasteiger partial charge is 0.271 e. The van der Waals surface area contributed by atoms with Gasteiger partial charge in [0, 0.05) is 24.9 Å². The SMILES string of the molecule is COc1ccc(N(C)S(=O)(=O)c2ccc(Cl)c(C(=O)Nc3cccc([N+](=O)[O-])c3)c2)cc1. The predicted molar refractivity (Wildman–Crippen MR) is 121 cm³/mol. The molecule has 0 spiro atoms. The molecule has 11 heteroatoms. The standard InChI is InChI=1S/C21H18ClN3O6S/c1-24(15-6-8-17(31-2)9-7-15)32(29,30)18-10-11-20(22)19(13-18)21(26)23-14-4-3-5-16(12-14)25(27)28/h3-13H,1-2H3,(H,23,26). The van der Waals surface area contributed by atoms with E-state index in [1.807, 2.05) is 0 Å². The zero-order chi connectivity index (χ0) is 23.5. The number of carbonyl (C=O) groups excluding carboxylic acids is 1. The second kappa shape index (κ2) is 9.25. The number of halogens is 1. The van der Waals surface area contributed by atoms with E-state index in [0.29, 0.717) is 11.4 Å². The van der Waals surface area contributed by atoms with E-state index in [4.69, 9.17) is 16.3 Å². The lowest BCUT2D eigenvalue weighted by Gasteiger charge is -2.20. The molecule has 0 unspecified atom stereocenters. The molecule has 0 aliphatic carbocycles. The molecule has 0 aliphatic heterocycles. The van der Waals surface area contributed by atoms with Crippen LogP contribution >= 0.6 is 11.6 Å². The Bertz CT molecular complexity index is 1280. The zero-order valence-electron chi connectivity index (χ0n) is 17.0. The van der Waals surface area contributed by atoms with E-state index in [9.17, 15) is 23.3 Å². The van der Waals surface area contributed by atoms with E-state index in [2.05, 4.69) is 5.32 Å². The average molecular weight is 476 g/mol. The molecule has 0 saturated heterocycles. The van der Waals surface area contributed by atoms with Crippen molar-refractivity contribution in [3.05, 3.63) is 87.4 Å². The predicted octanol–water partition coefficient (Wildman–Crippen LogP) is 4.33. The zero-order valence-corrected chi connectivity index (χ0v) is 18.6. The first-order valence-electron chi connectivity index (χ1n) is 9.12. The van der Waals surface area contributed by atoms with Gasteiger partial charge in [0.2, 0.25) is 0 Å². The van der Waals surface area contributed by atoms with Crippen molar-refractivity contribution in [3.63, 3.8) is 0 Å². The molecule has 0 radical (unpaired) electrons. The van der Waals surface area contributed by atoms with Gasteiger partial charge in [0.15, 0.2) is 0 Å². The molecule has 0 bridgehead atoms. The molecule has 0 saturated carbocycles. The highest BCUT2D eigenvalue weighted by molar-refractivity contribution is 7.92. The first-order chi connectivity index (χ1) is 15.1. The lowest BCUT2D eigenvalue weighted by Crippen LogP contribution is -2.27. The van der Waals surface area contributed by atoms with Gasteiger partial charge in [-0.3, -0.25) is 19.2 Å². The van der Waals surface area contributed by atoms with E-state index >= 15 is 0 Å². The van der Waals surface area contributed by atoms with Crippen LogP contribution in [0.1, 0.15) is 10.4 Å². The third kappa shape index (κ3) is 4.82. The van der Waals surface area contributed by atoms with E-state index in [1.54, 1.807) is 24.3 Å². The van der Waals surface area contributed by atoms with E-state index in [-0.39, 0.29) is 26.9 Å². The summed E-state index contributed by atoms with van der Waals surface area (Å²) in [6.45, 7) is 0. The van der Waals surface area contributed by atoms with Crippen molar-refractivity contribution in [2.24, 2.45) is 0 Å². The van der Waals surface area contributed by atoms with Gasteiger partial charge in [0.1, 0.15) is 5.75 Å². The molecule has 1 N–H and O–H groups in total. The van der Waals surface area contributed by atoms with Crippen LogP contribution in [0.25, 0.3) is 0 Å². The summed E-state index contributed by atoms with van der Waals surface area (Å²) in [4.78, 5) is 22.9. The quantitative estimate of drug-likeness (QED) is 0.401. The van der Waals surface area contributed by atoms with Gasteiger partial charge in [-0.15, -0.1) is 0 Å². The number of nitro benzene ring substituents is 1. The van der Waals surface area contributed by atoms with Crippen molar-refractivity contribution < 1.29 is 22.9 Å². The molecule has 3 rings (SSSR count). The van der Waals surface area contributed by atoms with Crippen LogP contribution in [0, 0.1) is 10.1 Å². The number of amides is 1. The number of methoxy groups -OCH3 is 1. The summed E-state index contributed by atoms with van der Waals surface area (Å²) in [5, 5.41) is 13.5.